The predicted molar refractivity (Wildman–Crippen MR) is 132 cm³/mol. The molecule has 1 aliphatic heterocycles. The summed E-state index contributed by atoms with van der Waals surface area (Å²) in [5, 5.41) is 3.03. The van der Waals surface area contributed by atoms with E-state index in [4.69, 9.17) is 0 Å². The van der Waals surface area contributed by atoms with E-state index >= 15 is 0 Å². The van der Waals surface area contributed by atoms with Gasteiger partial charge in [-0.25, -0.2) is 14.4 Å². The summed E-state index contributed by atoms with van der Waals surface area (Å²) in [6.45, 7) is 2.23. The summed E-state index contributed by atoms with van der Waals surface area (Å²) < 4.78 is 57.3. The molecule has 0 amide bonds. The number of hydrogen-bond acceptors (Lipinski definition) is 6. The lowest BCUT2D eigenvalue weighted by Gasteiger charge is -2.15. The van der Waals surface area contributed by atoms with E-state index in [1.54, 1.807) is 16.8 Å². The fourth-order valence-corrected chi connectivity index (χ4v) is 4.37. The predicted octanol–water partition coefficient (Wildman–Crippen LogP) is 4.85. The van der Waals surface area contributed by atoms with Gasteiger partial charge in [0.2, 0.25) is 0 Å². The van der Waals surface area contributed by atoms with Gasteiger partial charge in [-0.1, -0.05) is 30.3 Å². The highest BCUT2D eigenvalue weighted by Crippen LogP contribution is 2.29. The average Bonchev–Trinajstić information content (AvgIpc) is 3.29. The third-order valence-corrected chi connectivity index (χ3v) is 6.17. The van der Waals surface area contributed by atoms with E-state index in [1.165, 1.54) is 12.4 Å². The van der Waals surface area contributed by atoms with Crippen LogP contribution in [0.15, 0.2) is 78.0 Å². The molecule has 0 unspecified atom stereocenters. The molecule has 0 spiro atoms. The highest BCUT2D eigenvalue weighted by atomic mass is 19.4. The van der Waals surface area contributed by atoms with Gasteiger partial charge in [-0.2, -0.15) is 0 Å². The highest BCUT2D eigenvalue weighted by molar-refractivity contribution is 5.48. The number of anilines is 1. The number of ether oxygens (including phenoxy) is 1. The number of nitrogens with one attached hydrogen (secondary N) is 1. The van der Waals surface area contributed by atoms with Gasteiger partial charge in [-0.3, -0.25) is 9.69 Å². The molecule has 4 aromatic rings. The van der Waals surface area contributed by atoms with Crippen LogP contribution in [0.1, 0.15) is 27.9 Å². The minimum atomic E-state index is -4.86. The summed E-state index contributed by atoms with van der Waals surface area (Å²) in [6.07, 6.45) is -1.70. The van der Waals surface area contributed by atoms with E-state index in [0.29, 0.717) is 32.0 Å². The van der Waals surface area contributed by atoms with Crippen molar-refractivity contribution in [3.63, 3.8) is 0 Å². The van der Waals surface area contributed by atoms with Crippen LogP contribution in [-0.4, -0.2) is 25.8 Å². The van der Waals surface area contributed by atoms with Gasteiger partial charge in [0.15, 0.2) is 0 Å². The summed E-state index contributed by atoms with van der Waals surface area (Å²) in [4.78, 5) is 22.8. The maximum atomic E-state index is 14.2. The number of benzene rings is 2. The molecule has 11 heteroatoms. The van der Waals surface area contributed by atoms with Gasteiger partial charge in [0.05, 0.1) is 12.2 Å². The van der Waals surface area contributed by atoms with Crippen molar-refractivity contribution in [2.45, 2.75) is 39.1 Å². The Labute approximate surface area is 215 Å². The summed E-state index contributed by atoms with van der Waals surface area (Å²) in [7, 11) is 0. The maximum absolute atomic E-state index is 14.2. The highest BCUT2D eigenvalue weighted by Gasteiger charge is 2.31. The van der Waals surface area contributed by atoms with Crippen molar-refractivity contribution in [3.8, 4) is 5.75 Å². The quantitative estimate of drug-likeness (QED) is 0.332. The Morgan fingerprint density at radius 1 is 0.947 bits per heavy atom. The van der Waals surface area contributed by atoms with Crippen molar-refractivity contribution in [2.24, 2.45) is 0 Å². The van der Waals surface area contributed by atoms with Gasteiger partial charge < -0.3 is 14.6 Å². The molecule has 0 fully saturated rings. The largest absolute Gasteiger partial charge is 0.573 e. The summed E-state index contributed by atoms with van der Waals surface area (Å²) in [6, 6.07) is 16.0. The number of hydrogen-bond donors (Lipinski definition) is 1. The molecule has 7 nitrogen and oxygen atoms in total. The summed E-state index contributed by atoms with van der Waals surface area (Å²) in [5.41, 5.74) is 3.76. The van der Waals surface area contributed by atoms with Crippen molar-refractivity contribution in [1.29, 1.82) is 0 Å². The van der Waals surface area contributed by atoms with Crippen molar-refractivity contribution in [2.75, 3.05) is 5.32 Å². The number of rotatable bonds is 8. The molecule has 38 heavy (non-hydrogen) atoms. The van der Waals surface area contributed by atoms with Gasteiger partial charge in [0.25, 0.3) is 5.56 Å². The van der Waals surface area contributed by atoms with Gasteiger partial charge in [-0.15, -0.1) is 13.2 Å². The van der Waals surface area contributed by atoms with Gasteiger partial charge in [0, 0.05) is 49.6 Å². The van der Waals surface area contributed by atoms with Crippen LogP contribution in [0.25, 0.3) is 0 Å². The smallest absolute Gasteiger partial charge is 0.406 e. The number of fused-ring (bicyclic) bond motifs is 1. The molecule has 0 bridgehead atoms. The second kappa shape index (κ2) is 10.6. The zero-order chi connectivity index (χ0) is 26.7. The average molecular weight is 526 g/mol. The zero-order valence-electron chi connectivity index (χ0n) is 20.1. The minimum Gasteiger partial charge on any atom is -0.406 e. The first-order valence-electron chi connectivity index (χ1n) is 11.8. The van der Waals surface area contributed by atoms with Gasteiger partial charge in [0.1, 0.15) is 23.7 Å². The molecule has 2 aromatic heterocycles. The Hall–Kier alpha value is -4.25. The molecule has 1 N–H and O–H groups in total. The van der Waals surface area contributed by atoms with Crippen LogP contribution in [0.2, 0.25) is 0 Å². The third-order valence-electron chi connectivity index (χ3n) is 6.17. The van der Waals surface area contributed by atoms with Crippen LogP contribution in [0.3, 0.4) is 0 Å². The molecular formula is C27H23F4N5O2. The Kier molecular flexibility index (Phi) is 7.10. The van der Waals surface area contributed by atoms with E-state index in [1.807, 2.05) is 30.3 Å². The molecule has 0 saturated carbocycles. The fraction of sp³-hybridized carbons (Fsp3) is 0.222. The summed E-state index contributed by atoms with van der Waals surface area (Å²) >= 11 is 0. The molecule has 3 heterocycles. The fourth-order valence-electron chi connectivity index (χ4n) is 4.37. The molecule has 1 aliphatic rings. The molecule has 0 saturated heterocycles. The zero-order valence-corrected chi connectivity index (χ0v) is 20.1. The molecule has 0 aliphatic carbocycles. The summed E-state index contributed by atoms with van der Waals surface area (Å²) in [5.74, 6) is -0.640. The van der Waals surface area contributed by atoms with Crippen LogP contribution in [-0.2, 0) is 32.7 Å². The van der Waals surface area contributed by atoms with Crippen molar-refractivity contribution in [1.82, 2.24) is 19.4 Å². The molecule has 5 rings (SSSR count). The maximum Gasteiger partial charge on any atom is 0.573 e. The second-order valence-electron chi connectivity index (χ2n) is 8.93. The van der Waals surface area contributed by atoms with Crippen molar-refractivity contribution < 1.29 is 22.3 Å². The Bertz CT molecular complexity index is 1490. The first kappa shape index (κ1) is 25.4. The monoisotopic (exact) mass is 525 g/mol. The van der Waals surface area contributed by atoms with E-state index in [-0.39, 0.29) is 17.7 Å². The molecular weight excluding hydrogens is 502 g/mol. The first-order chi connectivity index (χ1) is 18.2. The lowest BCUT2D eigenvalue weighted by molar-refractivity contribution is -0.274. The lowest BCUT2D eigenvalue weighted by Crippen LogP contribution is -2.18. The number of nitrogens with zero attached hydrogens (tertiary/aromatic N) is 4. The number of alkyl halides is 3. The van der Waals surface area contributed by atoms with Gasteiger partial charge >= 0.3 is 6.36 Å². The first-order valence-corrected chi connectivity index (χ1v) is 11.8. The van der Waals surface area contributed by atoms with E-state index in [0.717, 1.165) is 40.6 Å². The number of aromatic nitrogens is 3. The third kappa shape index (κ3) is 6.17. The van der Waals surface area contributed by atoms with Gasteiger partial charge in [-0.05, 0) is 35.4 Å². The van der Waals surface area contributed by atoms with Crippen LogP contribution >= 0.6 is 0 Å². The topological polar surface area (TPSA) is 72.3 Å². The second-order valence-corrected chi connectivity index (χ2v) is 8.93. The lowest BCUT2D eigenvalue weighted by atomic mass is 10.1. The van der Waals surface area contributed by atoms with Crippen LogP contribution < -0.4 is 15.6 Å². The Morgan fingerprint density at radius 2 is 1.71 bits per heavy atom. The molecule has 0 radical (unpaired) electrons. The Balaban J connectivity index is 1.22. The van der Waals surface area contributed by atoms with E-state index in [9.17, 15) is 22.4 Å². The normalized spacial score (nSPS) is 13.4. The minimum absolute atomic E-state index is 0.0202. The standard InChI is InChI=1S/C27H23F4N5O2/c28-23-9-8-21(38-27(29,30)31)11-20(23)12-32-26-22-15-35(16-24(22)33-17-34-26)13-18-4-6-19(7-5-18)14-36-10-2-1-3-25(36)37/h1-11,17H,12-16H2,(H,32,33,34). The van der Waals surface area contributed by atoms with E-state index in [2.05, 4.69) is 24.9 Å². The molecule has 2 aromatic carbocycles. The van der Waals surface area contributed by atoms with Crippen LogP contribution in [0, 0.1) is 5.82 Å². The van der Waals surface area contributed by atoms with Crippen molar-refractivity contribution in [3.05, 3.63) is 117 Å². The number of halogens is 4. The number of pyridine rings is 1. The van der Waals surface area contributed by atoms with Crippen LogP contribution in [0.4, 0.5) is 23.4 Å². The van der Waals surface area contributed by atoms with E-state index < -0.39 is 17.9 Å². The van der Waals surface area contributed by atoms with Crippen LogP contribution in [0.5, 0.6) is 5.75 Å². The Morgan fingerprint density at radius 3 is 2.45 bits per heavy atom. The molecule has 196 valence electrons. The SMILES string of the molecule is O=c1ccccn1Cc1ccc(CN2Cc3ncnc(NCc4cc(OC(F)(F)F)ccc4F)c3C2)cc1. The van der Waals surface area contributed by atoms with Crippen molar-refractivity contribution >= 4 is 5.82 Å². The molecule has 0 atom stereocenters.